The molecule has 5 nitrogen and oxygen atoms in total. The van der Waals surface area contributed by atoms with Gasteiger partial charge in [-0.05, 0) is 6.42 Å². The van der Waals surface area contributed by atoms with E-state index in [0.29, 0.717) is 0 Å². The van der Waals surface area contributed by atoms with Gasteiger partial charge in [0.1, 0.15) is 6.04 Å². The SMILES string of the molecule is N[C@@H](CCC(=O)Oc1c(F)c(F)c(F)c(F)c1F)C(=O)O. The quantitative estimate of drug-likeness (QED) is 0.282. The molecular weight excluding hydrogens is 305 g/mol. The van der Waals surface area contributed by atoms with Crippen molar-refractivity contribution in [3.63, 3.8) is 0 Å². The Bertz CT molecular complexity index is 563. The van der Waals surface area contributed by atoms with E-state index < -0.39 is 65.7 Å². The van der Waals surface area contributed by atoms with E-state index in [-0.39, 0.29) is 0 Å². The van der Waals surface area contributed by atoms with Crippen LogP contribution in [0.2, 0.25) is 0 Å². The average Bonchev–Trinajstić information content (AvgIpc) is 2.44. The van der Waals surface area contributed by atoms with Crippen molar-refractivity contribution in [2.75, 3.05) is 0 Å². The minimum absolute atomic E-state index is 0.441. The molecular formula is C11H8F5NO4. The van der Waals surface area contributed by atoms with Crippen molar-refractivity contribution in [3.8, 4) is 5.75 Å². The van der Waals surface area contributed by atoms with Crippen LogP contribution in [-0.2, 0) is 9.59 Å². The van der Waals surface area contributed by atoms with Crippen molar-refractivity contribution in [3.05, 3.63) is 29.1 Å². The van der Waals surface area contributed by atoms with Gasteiger partial charge in [0.05, 0.1) is 0 Å². The van der Waals surface area contributed by atoms with Gasteiger partial charge in [0.25, 0.3) is 0 Å². The molecule has 0 fully saturated rings. The standard InChI is InChI=1S/C11H8F5NO4/c12-5-6(13)8(15)10(9(16)7(5)14)21-4(18)2-1-3(17)11(19)20/h3H,1-2,17H2,(H,19,20)/t3-/m0/s1. The number of carboxylic acid groups (broad SMARTS) is 1. The average molecular weight is 313 g/mol. The zero-order valence-electron chi connectivity index (χ0n) is 10.1. The van der Waals surface area contributed by atoms with Gasteiger partial charge in [0.15, 0.2) is 0 Å². The lowest BCUT2D eigenvalue weighted by molar-refractivity contribution is -0.139. The van der Waals surface area contributed by atoms with E-state index in [2.05, 4.69) is 4.74 Å². The molecule has 1 rings (SSSR count). The van der Waals surface area contributed by atoms with E-state index in [0.717, 1.165) is 0 Å². The molecule has 0 amide bonds. The second kappa shape index (κ2) is 6.48. The number of carboxylic acids is 1. The molecule has 1 atom stereocenters. The molecule has 0 aliphatic rings. The van der Waals surface area contributed by atoms with Gasteiger partial charge >= 0.3 is 11.9 Å². The van der Waals surface area contributed by atoms with Gasteiger partial charge in [-0.25, -0.2) is 13.2 Å². The van der Waals surface area contributed by atoms with Crippen molar-refractivity contribution >= 4 is 11.9 Å². The number of rotatable bonds is 5. The zero-order chi connectivity index (χ0) is 16.3. The first-order valence-corrected chi connectivity index (χ1v) is 5.37. The molecule has 0 radical (unpaired) electrons. The molecule has 3 N–H and O–H groups in total. The van der Waals surface area contributed by atoms with Crippen LogP contribution in [0.5, 0.6) is 5.75 Å². The summed E-state index contributed by atoms with van der Waals surface area (Å²) in [6.45, 7) is 0. The summed E-state index contributed by atoms with van der Waals surface area (Å²) in [5.41, 5.74) is 5.06. The van der Waals surface area contributed by atoms with E-state index in [1.807, 2.05) is 0 Å². The molecule has 0 heterocycles. The topological polar surface area (TPSA) is 89.6 Å². The summed E-state index contributed by atoms with van der Waals surface area (Å²) in [7, 11) is 0. The lowest BCUT2D eigenvalue weighted by Gasteiger charge is -2.09. The number of halogens is 5. The maximum Gasteiger partial charge on any atom is 0.320 e. The van der Waals surface area contributed by atoms with Gasteiger partial charge in [0.2, 0.25) is 34.8 Å². The number of benzene rings is 1. The highest BCUT2D eigenvalue weighted by Crippen LogP contribution is 2.29. The summed E-state index contributed by atoms with van der Waals surface area (Å²) in [5.74, 6) is -16.1. The third-order valence-corrected chi connectivity index (χ3v) is 2.36. The molecule has 0 unspecified atom stereocenters. The van der Waals surface area contributed by atoms with E-state index in [1.165, 1.54) is 0 Å². The van der Waals surface area contributed by atoms with Crippen LogP contribution in [0.3, 0.4) is 0 Å². The number of carbonyl (C=O) groups excluding carboxylic acids is 1. The second-order valence-corrected chi connectivity index (χ2v) is 3.86. The smallest absolute Gasteiger partial charge is 0.320 e. The lowest BCUT2D eigenvalue weighted by atomic mass is 10.2. The van der Waals surface area contributed by atoms with Gasteiger partial charge in [-0.3, -0.25) is 9.59 Å². The summed E-state index contributed by atoms with van der Waals surface area (Å²) in [6.07, 6.45) is -1.13. The Morgan fingerprint density at radius 2 is 1.43 bits per heavy atom. The van der Waals surface area contributed by atoms with E-state index in [4.69, 9.17) is 10.8 Å². The van der Waals surface area contributed by atoms with Gasteiger partial charge in [0, 0.05) is 6.42 Å². The summed E-state index contributed by atoms with van der Waals surface area (Å²) in [4.78, 5) is 21.6. The third-order valence-electron chi connectivity index (χ3n) is 2.36. The number of aliphatic carboxylic acids is 1. The van der Waals surface area contributed by atoms with Crippen molar-refractivity contribution in [1.82, 2.24) is 0 Å². The number of hydrogen-bond donors (Lipinski definition) is 2. The summed E-state index contributed by atoms with van der Waals surface area (Å²) in [5, 5.41) is 8.44. The highest BCUT2D eigenvalue weighted by atomic mass is 19.2. The Morgan fingerprint density at radius 3 is 1.86 bits per heavy atom. The molecule has 10 heteroatoms. The van der Waals surface area contributed by atoms with Crippen molar-refractivity contribution in [2.24, 2.45) is 5.73 Å². The van der Waals surface area contributed by atoms with Gasteiger partial charge in [-0.2, -0.15) is 8.78 Å². The molecule has 1 aromatic rings. The number of hydrogen-bond acceptors (Lipinski definition) is 4. The molecule has 0 aliphatic heterocycles. The maximum atomic E-state index is 13.2. The number of ether oxygens (including phenoxy) is 1. The molecule has 0 aromatic heterocycles. The van der Waals surface area contributed by atoms with Gasteiger partial charge in [-0.15, -0.1) is 0 Å². The van der Waals surface area contributed by atoms with Crippen LogP contribution >= 0.6 is 0 Å². The number of nitrogens with two attached hydrogens (primary N) is 1. The van der Waals surface area contributed by atoms with Gasteiger partial charge in [-0.1, -0.05) is 0 Å². The van der Waals surface area contributed by atoms with Crippen molar-refractivity contribution in [2.45, 2.75) is 18.9 Å². The highest BCUT2D eigenvalue weighted by molar-refractivity contribution is 5.76. The van der Waals surface area contributed by atoms with Crippen LogP contribution in [0.4, 0.5) is 22.0 Å². The van der Waals surface area contributed by atoms with Crippen molar-refractivity contribution < 1.29 is 41.4 Å². The first kappa shape index (κ1) is 16.8. The van der Waals surface area contributed by atoms with Crippen LogP contribution in [-0.4, -0.2) is 23.1 Å². The maximum absolute atomic E-state index is 13.2. The Labute approximate surface area is 114 Å². The van der Waals surface area contributed by atoms with Crippen LogP contribution in [0, 0.1) is 29.1 Å². The molecule has 0 spiro atoms. The fraction of sp³-hybridized carbons (Fsp3) is 0.273. The second-order valence-electron chi connectivity index (χ2n) is 3.86. The highest BCUT2D eigenvalue weighted by Gasteiger charge is 2.28. The van der Waals surface area contributed by atoms with Gasteiger partial charge < -0.3 is 15.6 Å². The first-order valence-electron chi connectivity index (χ1n) is 5.37. The van der Waals surface area contributed by atoms with Crippen LogP contribution < -0.4 is 10.5 Å². The summed E-state index contributed by atoms with van der Waals surface area (Å²) in [6, 6.07) is -1.44. The van der Waals surface area contributed by atoms with Crippen molar-refractivity contribution in [1.29, 1.82) is 0 Å². The molecule has 0 aliphatic carbocycles. The molecule has 1 aromatic carbocycles. The molecule has 116 valence electrons. The predicted molar refractivity (Wildman–Crippen MR) is 56.7 cm³/mol. The number of carbonyl (C=O) groups is 2. The predicted octanol–water partition coefficient (Wildman–Crippen LogP) is 1.48. The largest absolute Gasteiger partial charge is 0.480 e. The Kier molecular flexibility index (Phi) is 5.19. The summed E-state index contributed by atoms with van der Waals surface area (Å²) >= 11 is 0. The fourth-order valence-electron chi connectivity index (χ4n) is 1.24. The molecule has 0 bridgehead atoms. The van der Waals surface area contributed by atoms with Crippen LogP contribution in [0.15, 0.2) is 0 Å². The monoisotopic (exact) mass is 313 g/mol. The Morgan fingerprint density at radius 1 is 1.00 bits per heavy atom. The van der Waals surface area contributed by atoms with Crippen LogP contribution in [0.25, 0.3) is 0 Å². The molecule has 21 heavy (non-hydrogen) atoms. The number of esters is 1. The minimum Gasteiger partial charge on any atom is -0.480 e. The summed E-state index contributed by atoms with van der Waals surface area (Å²) < 4.78 is 68.8. The first-order chi connectivity index (χ1) is 9.66. The minimum atomic E-state index is -2.39. The Balaban J connectivity index is 2.89. The van der Waals surface area contributed by atoms with E-state index >= 15 is 0 Å². The third kappa shape index (κ3) is 3.66. The van der Waals surface area contributed by atoms with Crippen LogP contribution in [0.1, 0.15) is 12.8 Å². The van der Waals surface area contributed by atoms with E-state index in [1.54, 1.807) is 0 Å². The Hall–Kier alpha value is -2.23. The lowest BCUT2D eigenvalue weighted by Crippen LogP contribution is -2.31. The van der Waals surface area contributed by atoms with E-state index in [9.17, 15) is 31.5 Å². The molecule has 0 saturated carbocycles. The normalized spacial score (nSPS) is 12.1. The molecule has 0 saturated heterocycles. The fourth-order valence-corrected chi connectivity index (χ4v) is 1.24. The zero-order valence-corrected chi connectivity index (χ0v) is 10.1.